The van der Waals surface area contributed by atoms with E-state index in [9.17, 15) is 13.6 Å². The van der Waals surface area contributed by atoms with Gasteiger partial charge in [0.15, 0.2) is 0 Å². The molecule has 2 heterocycles. The summed E-state index contributed by atoms with van der Waals surface area (Å²) in [7, 11) is 3.85. The van der Waals surface area contributed by atoms with Crippen LogP contribution in [0.2, 0.25) is 0 Å². The maximum Gasteiger partial charge on any atom is 0.275 e. The normalized spacial score (nSPS) is 11.4. The molecule has 126 valence electrons. The monoisotopic (exact) mass is 357 g/mol. The van der Waals surface area contributed by atoms with Gasteiger partial charge in [0.25, 0.3) is 5.56 Å². The van der Waals surface area contributed by atoms with Crippen LogP contribution in [0.25, 0.3) is 26.0 Å². The minimum atomic E-state index is -0.742. The zero-order valence-electron chi connectivity index (χ0n) is 13.5. The summed E-state index contributed by atoms with van der Waals surface area (Å²) in [5.74, 6) is -1.48. The van der Waals surface area contributed by atoms with Crippen molar-refractivity contribution in [3.63, 3.8) is 0 Å². The van der Waals surface area contributed by atoms with Gasteiger partial charge in [0.05, 0.1) is 11.2 Å². The summed E-state index contributed by atoms with van der Waals surface area (Å²) >= 11 is 1.33. The van der Waals surface area contributed by atoms with Gasteiger partial charge in [-0.1, -0.05) is 6.07 Å². The lowest BCUT2D eigenvalue weighted by atomic mass is 10.2. The Morgan fingerprint density at radius 2 is 1.84 bits per heavy atom. The molecule has 4 rings (SSSR count). The van der Waals surface area contributed by atoms with E-state index < -0.39 is 11.6 Å². The minimum absolute atomic E-state index is 0.113. The summed E-state index contributed by atoms with van der Waals surface area (Å²) in [6, 6.07) is 8.80. The Hall–Kier alpha value is -2.80. The third-order valence-electron chi connectivity index (χ3n) is 3.99. The third-order valence-corrected chi connectivity index (χ3v) is 5.12. The molecule has 0 aliphatic carbocycles. The van der Waals surface area contributed by atoms with Crippen molar-refractivity contribution in [1.82, 2.24) is 9.55 Å². The quantitative estimate of drug-likeness (QED) is 0.545. The first kappa shape index (κ1) is 15.7. The lowest BCUT2D eigenvalue weighted by molar-refractivity contribution is 0.581. The van der Waals surface area contributed by atoms with Gasteiger partial charge >= 0.3 is 0 Å². The molecule has 2 aromatic heterocycles. The smallest absolute Gasteiger partial charge is 0.275 e. The number of fused-ring (bicyclic) bond motifs is 3. The zero-order chi connectivity index (χ0) is 17.7. The Labute approximate surface area is 145 Å². The van der Waals surface area contributed by atoms with Crippen LogP contribution in [0, 0.1) is 11.6 Å². The first-order valence-corrected chi connectivity index (χ1v) is 8.34. The minimum Gasteiger partial charge on any atom is -0.377 e. The van der Waals surface area contributed by atoms with Crippen LogP contribution in [0.15, 0.2) is 47.5 Å². The second kappa shape index (κ2) is 5.63. The Morgan fingerprint density at radius 3 is 2.52 bits per heavy atom. The molecule has 0 radical (unpaired) electrons. The highest BCUT2D eigenvalue weighted by Gasteiger charge is 2.16. The molecule has 4 aromatic rings. The number of hydrogen-bond donors (Lipinski definition) is 0. The Morgan fingerprint density at radius 1 is 1.12 bits per heavy atom. The highest BCUT2D eigenvalue weighted by atomic mass is 32.1. The number of aromatic nitrogens is 2. The van der Waals surface area contributed by atoms with Crippen LogP contribution >= 0.6 is 11.3 Å². The van der Waals surface area contributed by atoms with Crippen molar-refractivity contribution in [1.29, 1.82) is 0 Å². The average Bonchev–Trinajstić information content (AvgIpc) is 2.93. The largest absolute Gasteiger partial charge is 0.377 e. The van der Waals surface area contributed by atoms with Crippen molar-refractivity contribution < 1.29 is 8.78 Å². The van der Waals surface area contributed by atoms with E-state index in [0.29, 0.717) is 10.2 Å². The van der Waals surface area contributed by atoms with E-state index in [0.717, 1.165) is 34.0 Å². The number of hydrogen-bond acceptors (Lipinski definition) is 4. The van der Waals surface area contributed by atoms with Crippen LogP contribution in [0.5, 0.6) is 0 Å². The standard InChI is InChI=1S/C18H13F2N3OS/c1-22(2)13-4-3-5-14-15(13)16-17(25-14)18(24)23(9-21-16)12-7-10(19)6-11(20)8-12/h3-9H,1-2H3. The molecule has 0 aliphatic heterocycles. The van der Waals surface area contributed by atoms with E-state index in [2.05, 4.69) is 4.98 Å². The van der Waals surface area contributed by atoms with E-state index >= 15 is 0 Å². The van der Waals surface area contributed by atoms with E-state index in [1.807, 2.05) is 37.2 Å². The molecule has 4 nitrogen and oxygen atoms in total. The molecule has 0 fully saturated rings. The third kappa shape index (κ3) is 2.47. The molecular weight excluding hydrogens is 344 g/mol. The molecule has 0 atom stereocenters. The van der Waals surface area contributed by atoms with Crippen molar-refractivity contribution in [2.24, 2.45) is 0 Å². The lowest BCUT2D eigenvalue weighted by Crippen LogP contribution is -2.18. The molecule has 0 unspecified atom stereocenters. The summed E-state index contributed by atoms with van der Waals surface area (Å²) < 4.78 is 29.5. The van der Waals surface area contributed by atoms with Gasteiger partial charge in [0.1, 0.15) is 22.7 Å². The molecular formula is C18H13F2N3OS. The summed E-state index contributed by atoms with van der Waals surface area (Å²) in [5.41, 5.74) is 1.33. The molecule has 0 spiro atoms. The van der Waals surface area contributed by atoms with Crippen LogP contribution in [0.1, 0.15) is 0 Å². The van der Waals surface area contributed by atoms with Gasteiger partial charge in [-0.25, -0.2) is 13.8 Å². The number of benzene rings is 2. The van der Waals surface area contributed by atoms with Crippen LogP contribution in [0.3, 0.4) is 0 Å². The fourth-order valence-electron chi connectivity index (χ4n) is 2.89. The second-order valence-electron chi connectivity index (χ2n) is 5.87. The Kier molecular flexibility index (Phi) is 3.54. The molecule has 0 saturated carbocycles. The number of nitrogens with zero attached hydrogens (tertiary/aromatic N) is 3. The van der Waals surface area contributed by atoms with Gasteiger partial charge in [0.2, 0.25) is 0 Å². The van der Waals surface area contributed by atoms with Crippen molar-refractivity contribution in [2.45, 2.75) is 0 Å². The highest BCUT2D eigenvalue weighted by Crippen LogP contribution is 2.36. The number of anilines is 1. The van der Waals surface area contributed by atoms with Gasteiger partial charge in [0, 0.05) is 35.9 Å². The molecule has 7 heteroatoms. The predicted octanol–water partition coefficient (Wildman–Crippen LogP) is 3.94. The van der Waals surface area contributed by atoms with E-state index in [-0.39, 0.29) is 11.2 Å². The topological polar surface area (TPSA) is 38.1 Å². The van der Waals surface area contributed by atoms with Crippen molar-refractivity contribution in [3.05, 3.63) is 64.7 Å². The van der Waals surface area contributed by atoms with E-state index in [1.54, 1.807) is 0 Å². The maximum absolute atomic E-state index is 13.5. The molecule has 2 aromatic carbocycles. The summed E-state index contributed by atoms with van der Waals surface area (Å²) in [6.07, 6.45) is 1.32. The molecule has 25 heavy (non-hydrogen) atoms. The number of halogens is 2. The van der Waals surface area contributed by atoms with E-state index in [4.69, 9.17) is 0 Å². The van der Waals surface area contributed by atoms with Crippen LogP contribution in [-0.4, -0.2) is 23.6 Å². The van der Waals surface area contributed by atoms with Crippen molar-refractivity contribution in [3.8, 4) is 5.69 Å². The number of rotatable bonds is 2. The Balaban J connectivity index is 2.05. The van der Waals surface area contributed by atoms with Crippen LogP contribution in [-0.2, 0) is 0 Å². The highest BCUT2D eigenvalue weighted by molar-refractivity contribution is 7.25. The molecule has 0 N–H and O–H groups in total. The fourth-order valence-corrected chi connectivity index (χ4v) is 4.00. The summed E-state index contributed by atoms with van der Waals surface area (Å²) in [6.45, 7) is 0. The van der Waals surface area contributed by atoms with Gasteiger partial charge in [-0.2, -0.15) is 0 Å². The molecule has 0 saturated heterocycles. The first-order chi connectivity index (χ1) is 12.0. The van der Waals surface area contributed by atoms with Crippen molar-refractivity contribution in [2.75, 3.05) is 19.0 Å². The van der Waals surface area contributed by atoms with Crippen LogP contribution in [0.4, 0.5) is 14.5 Å². The molecule has 0 aliphatic rings. The molecule has 0 amide bonds. The number of thiophene rings is 1. The van der Waals surface area contributed by atoms with Gasteiger partial charge < -0.3 is 4.90 Å². The SMILES string of the molecule is CN(C)c1cccc2sc3c(=O)n(-c4cc(F)cc(F)c4)cnc3c12. The van der Waals surface area contributed by atoms with Crippen molar-refractivity contribution >= 4 is 37.3 Å². The predicted molar refractivity (Wildman–Crippen MR) is 97.0 cm³/mol. The lowest BCUT2D eigenvalue weighted by Gasteiger charge is -2.13. The average molecular weight is 357 g/mol. The van der Waals surface area contributed by atoms with E-state index in [1.165, 1.54) is 22.2 Å². The summed E-state index contributed by atoms with van der Waals surface area (Å²) in [4.78, 5) is 19.2. The van der Waals surface area contributed by atoms with Crippen LogP contribution < -0.4 is 10.5 Å². The summed E-state index contributed by atoms with van der Waals surface area (Å²) in [5, 5.41) is 0.905. The van der Waals surface area contributed by atoms with Gasteiger partial charge in [-0.3, -0.25) is 9.36 Å². The van der Waals surface area contributed by atoms with Gasteiger partial charge in [-0.15, -0.1) is 11.3 Å². The van der Waals surface area contributed by atoms with Gasteiger partial charge in [-0.05, 0) is 24.3 Å². The second-order valence-corrected chi connectivity index (χ2v) is 6.92. The molecule has 0 bridgehead atoms. The maximum atomic E-state index is 13.5. The zero-order valence-corrected chi connectivity index (χ0v) is 14.3. The Bertz CT molecular complexity index is 1160. The fraction of sp³-hybridized carbons (Fsp3) is 0.111. The first-order valence-electron chi connectivity index (χ1n) is 7.52.